The maximum Gasteiger partial charge on any atom is 0.228 e. The van der Waals surface area contributed by atoms with Crippen LogP contribution in [0.1, 0.15) is 37.6 Å². The molecule has 1 atom stereocenters. The standard InChI is InChI=1S/C21H30N4O3S/c1-5-18(19(26)16-6-8-17(27-4)9-7-16)29-21-23-22-20(25(21)14-15(2)3)24-10-12-28-13-11-24/h6-9,15,18H,5,10-14H2,1-4H3. The number of aromatic nitrogens is 3. The SMILES string of the molecule is CCC(Sc1nnc(N2CCOCC2)n1CC(C)C)C(=O)c1ccc(OC)cc1. The molecule has 7 nitrogen and oxygen atoms in total. The zero-order chi connectivity index (χ0) is 20.8. The Labute approximate surface area is 176 Å². The molecule has 0 bridgehead atoms. The number of ether oxygens (including phenoxy) is 2. The molecule has 0 amide bonds. The summed E-state index contributed by atoms with van der Waals surface area (Å²) >= 11 is 1.51. The van der Waals surface area contributed by atoms with E-state index in [9.17, 15) is 4.79 Å². The molecule has 1 aliphatic rings. The van der Waals surface area contributed by atoms with Crippen molar-refractivity contribution in [1.82, 2.24) is 14.8 Å². The van der Waals surface area contributed by atoms with Gasteiger partial charge in [0.25, 0.3) is 0 Å². The fourth-order valence-electron chi connectivity index (χ4n) is 3.28. The highest BCUT2D eigenvalue weighted by Crippen LogP contribution is 2.30. The van der Waals surface area contributed by atoms with Crippen molar-refractivity contribution in [3.05, 3.63) is 29.8 Å². The molecule has 158 valence electrons. The molecule has 2 aromatic rings. The van der Waals surface area contributed by atoms with Crippen LogP contribution in [0.25, 0.3) is 0 Å². The molecule has 1 saturated heterocycles. The number of methoxy groups -OCH3 is 1. The molecule has 0 spiro atoms. The number of Topliss-reactive ketones (excluding diaryl/α,β-unsaturated/α-hetero) is 1. The van der Waals surface area contributed by atoms with E-state index in [4.69, 9.17) is 9.47 Å². The van der Waals surface area contributed by atoms with Crippen LogP contribution in [0.15, 0.2) is 29.4 Å². The van der Waals surface area contributed by atoms with Gasteiger partial charge in [0.15, 0.2) is 10.9 Å². The van der Waals surface area contributed by atoms with Gasteiger partial charge in [-0.2, -0.15) is 0 Å². The second-order valence-electron chi connectivity index (χ2n) is 7.49. The Hall–Kier alpha value is -2.06. The van der Waals surface area contributed by atoms with E-state index >= 15 is 0 Å². The van der Waals surface area contributed by atoms with Gasteiger partial charge in [0, 0.05) is 25.2 Å². The normalized spacial score (nSPS) is 15.6. The smallest absolute Gasteiger partial charge is 0.228 e. The topological polar surface area (TPSA) is 69.5 Å². The van der Waals surface area contributed by atoms with Crippen LogP contribution in [0.5, 0.6) is 5.75 Å². The van der Waals surface area contributed by atoms with E-state index in [1.54, 1.807) is 7.11 Å². The van der Waals surface area contributed by atoms with Crippen molar-refractivity contribution in [2.75, 3.05) is 38.3 Å². The monoisotopic (exact) mass is 418 g/mol. The number of hydrogen-bond acceptors (Lipinski definition) is 7. The molecule has 1 fully saturated rings. The number of nitrogens with zero attached hydrogens (tertiary/aromatic N) is 4. The van der Waals surface area contributed by atoms with Crippen molar-refractivity contribution in [1.29, 1.82) is 0 Å². The number of benzene rings is 1. The average molecular weight is 419 g/mol. The predicted molar refractivity (Wildman–Crippen MR) is 115 cm³/mol. The molecule has 0 saturated carbocycles. The van der Waals surface area contributed by atoms with E-state index < -0.39 is 0 Å². The summed E-state index contributed by atoms with van der Waals surface area (Å²) in [7, 11) is 1.62. The molecule has 1 aromatic heterocycles. The number of rotatable bonds is 9. The van der Waals surface area contributed by atoms with E-state index in [0.29, 0.717) is 24.7 Å². The molecule has 2 heterocycles. The second kappa shape index (κ2) is 10.1. The van der Waals surface area contributed by atoms with E-state index in [0.717, 1.165) is 42.9 Å². The van der Waals surface area contributed by atoms with Gasteiger partial charge in [0.05, 0.1) is 25.6 Å². The zero-order valence-electron chi connectivity index (χ0n) is 17.6. The van der Waals surface area contributed by atoms with Gasteiger partial charge in [0.2, 0.25) is 5.95 Å². The molecule has 0 radical (unpaired) electrons. The average Bonchev–Trinajstić information content (AvgIpc) is 3.13. The predicted octanol–water partition coefficient (Wildman–Crippen LogP) is 3.53. The van der Waals surface area contributed by atoms with Crippen molar-refractivity contribution in [2.45, 2.75) is 44.1 Å². The maximum atomic E-state index is 13.1. The summed E-state index contributed by atoms with van der Waals surface area (Å²) in [5.74, 6) is 2.17. The van der Waals surface area contributed by atoms with E-state index in [1.807, 2.05) is 31.2 Å². The van der Waals surface area contributed by atoms with Gasteiger partial charge in [-0.15, -0.1) is 10.2 Å². The molecule has 29 heavy (non-hydrogen) atoms. The number of carbonyl (C=O) groups is 1. The number of ketones is 1. The van der Waals surface area contributed by atoms with Gasteiger partial charge < -0.3 is 14.4 Å². The Kier molecular flexibility index (Phi) is 7.55. The molecular formula is C21H30N4O3S. The number of carbonyl (C=O) groups excluding carboxylic acids is 1. The first-order valence-electron chi connectivity index (χ1n) is 10.1. The van der Waals surface area contributed by atoms with Crippen LogP contribution in [0.2, 0.25) is 0 Å². The van der Waals surface area contributed by atoms with Crippen LogP contribution >= 0.6 is 11.8 Å². The van der Waals surface area contributed by atoms with Crippen molar-refractivity contribution in [3.63, 3.8) is 0 Å². The second-order valence-corrected chi connectivity index (χ2v) is 8.66. The van der Waals surface area contributed by atoms with Crippen molar-refractivity contribution >= 4 is 23.5 Å². The summed E-state index contributed by atoms with van der Waals surface area (Å²) in [6.45, 7) is 10.2. The first kappa shape index (κ1) is 21.6. The number of hydrogen-bond donors (Lipinski definition) is 0. The lowest BCUT2D eigenvalue weighted by atomic mass is 10.1. The van der Waals surface area contributed by atoms with Crippen LogP contribution in [0.3, 0.4) is 0 Å². The Morgan fingerprint density at radius 3 is 2.48 bits per heavy atom. The first-order valence-corrected chi connectivity index (χ1v) is 11.0. The van der Waals surface area contributed by atoms with Crippen LogP contribution < -0.4 is 9.64 Å². The lowest BCUT2D eigenvalue weighted by Crippen LogP contribution is -2.38. The summed E-state index contributed by atoms with van der Waals surface area (Å²) in [4.78, 5) is 15.3. The quantitative estimate of drug-likeness (QED) is 0.456. The fourth-order valence-corrected chi connectivity index (χ4v) is 4.32. The molecular weight excluding hydrogens is 388 g/mol. The van der Waals surface area contributed by atoms with Gasteiger partial charge in [-0.3, -0.25) is 9.36 Å². The van der Waals surface area contributed by atoms with Gasteiger partial charge >= 0.3 is 0 Å². The molecule has 3 rings (SSSR count). The minimum atomic E-state index is -0.212. The van der Waals surface area contributed by atoms with E-state index in [1.165, 1.54) is 11.8 Å². The van der Waals surface area contributed by atoms with Gasteiger partial charge in [-0.05, 0) is 36.6 Å². The highest BCUT2D eigenvalue weighted by Gasteiger charge is 2.26. The first-order chi connectivity index (χ1) is 14.0. The zero-order valence-corrected chi connectivity index (χ0v) is 18.4. The third-order valence-corrected chi connectivity index (χ3v) is 6.17. The minimum Gasteiger partial charge on any atom is -0.497 e. The van der Waals surface area contributed by atoms with Gasteiger partial charge in [-0.25, -0.2) is 0 Å². The van der Waals surface area contributed by atoms with Gasteiger partial charge in [-0.1, -0.05) is 32.5 Å². The number of thioether (sulfide) groups is 1. The summed E-state index contributed by atoms with van der Waals surface area (Å²) in [6.07, 6.45) is 0.719. The maximum absolute atomic E-state index is 13.1. The Morgan fingerprint density at radius 1 is 1.21 bits per heavy atom. The Morgan fingerprint density at radius 2 is 1.90 bits per heavy atom. The molecule has 0 aliphatic carbocycles. The Balaban J connectivity index is 1.82. The Bertz CT molecular complexity index is 801. The molecule has 1 unspecified atom stereocenters. The van der Waals surface area contributed by atoms with E-state index in [-0.39, 0.29) is 11.0 Å². The van der Waals surface area contributed by atoms with Crippen molar-refractivity contribution in [2.24, 2.45) is 5.92 Å². The third-order valence-electron chi connectivity index (χ3n) is 4.82. The van der Waals surface area contributed by atoms with Crippen molar-refractivity contribution in [3.8, 4) is 5.75 Å². The minimum absolute atomic E-state index is 0.104. The third kappa shape index (κ3) is 5.30. The number of morpholine rings is 1. The molecule has 1 aromatic carbocycles. The highest BCUT2D eigenvalue weighted by atomic mass is 32.2. The summed E-state index contributed by atoms with van der Waals surface area (Å²) in [6, 6.07) is 7.29. The summed E-state index contributed by atoms with van der Waals surface area (Å²) in [5, 5.41) is 9.51. The van der Waals surface area contributed by atoms with Crippen LogP contribution in [0.4, 0.5) is 5.95 Å². The van der Waals surface area contributed by atoms with E-state index in [2.05, 4.69) is 33.5 Å². The molecule has 1 aliphatic heterocycles. The molecule has 8 heteroatoms. The summed E-state index contributed by atoms with van der Waals surface area (Å²) in [5.41, 5.74) is 0.688. The highest BCUT2D eigenvalue weighted by molar-refractivity contribution is 8.00. The van der Waals surface area contributed by atoms with Crippen LogP contribution in [-0.2, 0) is 11.3 Å². The lowest BCUT2D eigenvalue weighted by molar-refractivity contribution is 0.0988. The number of anilines is 1. The van der Waals surface area contributed by atoms with Gasteiger partial charge in [0.1, 0.15) is 5.75 Å². The van der Waals surface area contributed by atoms with Crippen LogP contribution in [-0.4, -0.2) is 59.2 Å². The summed E-state index contributed by atoms with van der Waals surface area (Å²) < 4.78 is 12.8. The fraction of sp³-hybridized carbons (Fsp3) is 0.571. The van der Waals surface area contributed by atoms with Crippen molar-refractivity contribution < 1.29 is 14.3 Å². The molecule has 0 N–H and O–H groups in total. The lowest BCUT2D eigenvalue weighted by Gasteiger charge is -2.28. The van der Waals surface area contributed by atoms with Crippen LogP contribution in [0, 0.1) is 5.92 Å². The largest absolute Gasteiger partial charge is 0.497 e.